The molecular formula is C6H10ClN. The lowest BCUT2D eigenvalue weighted by atomic mass is 10.4. The van der Waals surface area contributed by atoms with Crippen molar-refractivity contribution in [1.82, 2.24) is 0 Å². The summed E-state index contributed by atoms with van der Waals surface area (Å²) in [6, 6.07) is 0. The fourth-order valence-corrected chi connectivity index (χ4v) is 0.400. The van der Waals surface area contributed by atoms with E-state index in [1.54, 1.807) is 7.05 Å². The summed E-state index contributed by atoms with van der Waals surface area (Å²) in [6.45, 7) is 3.76. The highest BCUT2D eigenvalue weighted by molar-refractivity contribution is 6.43. The van der Waals surface area contributed by atoms with Gasteiger partial charge in [0.25, 0.3) is 0 Å². The lowest BCUT2D eigenvalue weighted by Crippen LogP contribution is -1.87. The van der Waals surface area contributed by atoms with E-state index in [1.807, 2.05) is 19.9 Å². The van der Waals surface area contributed by atoms with Crippen molar-refractivity contribution in [3.05, 3.63) is 11.1 Å². The third kappa shape index (κ3) is 2.12. The Morgan fingerprint density at radius 3 is 2.25 bits per heavy atom. The van der Waals surface area contributed by atoms with Crippen LogP contribution in [0.3, 0.4) is 0 Å². The fourth-order valence-electron chi connectivity index (χ4n) is 0.316. The molecule has 0 rings (SSSR count). The predicted octanol–water partition coefficient (Wildman–Crippen LogP) is 2.22. The monoisotopic (exact) mass is 131 g/mol. The number of aliphatic imine (C=N–C) groups is 1. The number of allylic oxidation sites excluding steroid dienone is 2. The number of hydrogen-bond acceptors (Lipinski definition) is 1. The van der Waals surface area contributed by atoms with Crippen LogP contribution in [-0.4, -0.2) is 12.8 Å². The highest BCUT2D eigenvalue weighted by atomic mass is 35.5. The quantitative estimate of drug-likeness (QED) is 0.484. The molecular weight excluding hydrogens is 122 g/mol. The van der Waals surface area contributed by atoms with Crippen molar-refractivity contribution in [3.63, 3.8) is 0 Å². The maximum atomic E-state index is 5.65. The molecule has 8 heavy (non-hydrogen) atoms. The first-order valence-corrected chi connectivity index (χ1v) is 2.85. The average molecular weight is 132 g/mol. The second-order valence-corrected chi connectivity index (χ2v) is 1.85. The van der Waals surface area contributed by atoms with Crippen LogP contribution in [0.2, 0.25) is 0 Å². The molecule has 0 bridgehead atoms. The van der Waals surface area contributed by atoms with Gasteiger partial charge < -0.3 is 0 Å². The second kappa shape index (κ2) is 3.67. The van der Waals surface area contributed by atoms with Crippen molar-refractivity contribution in [2.45, 2.75) is 13.8 Å². The molecule has 0 spiro atoms. The maximum absolute atomic E-state index is 5.65. The first kappa shape index (κ1) is 7.70. The second-order valence-electron chi connectivity index (χ2n) is 1.45. The lowest BCUT2D eigenvalue weighted by Gasteiger charge is -1.91. The van der Waals surface area contributed by atoms with Crippen molar-refractivity contribution >= 4 is 17.3 Å². The lowest BCUT2D eigenvalue weighted by molar-refractivity contribution is 1.42. The van der Waals surface area contributed by atoms with E-state index < -0.39 is 0 Å². The third-order valence-corrected chi connectivity index (χ3v) is 1.43. The number of rotatable bonds is 1. The topological polar surface area (TPSA) is 12.4 Å². The zero-order chi connectivity index (χ0) is 6.57. The van der Waals surface area contributed by atoms with E-state index in [0.717, 1.165) is 10.7 Å². The Labute approximate surface area is 55.1 Å². The summed E-state index contributed by atoms with van der Waals surface area (Å²) in [5.41, 5.74) is 0.883. The summed E-state index contributed by atoms with van der Waals surface area (Å²) in [5, 5.41) is 0.729. The fraction of sp³-hybridized carbons (Fsp3) is 0.500. The van der Waals surface area contributed by atoms with Gasteiger partial charge in [-0.25, -0.2) is 0 Å². The van der Waals surface area contributed by atoms with Gasteiger partial charge in [0.2, 0.25) is 0 Å². The number of halogens is 1. The normalized spacial score (nSPS) is 14.5. The SMILES string of the molecule is C/C=C(/Cl)C(C)=NC. The van der Waals surface area contributed by atoms with E-state index in [2.05, 4.69) is 4.99 Å². The molecule has 2 heteroatoms. The molecule has 0 saturated carbocycles. The summed E-state index contributed by atoms with van der Waals surface area (Å²) in [6.07, 6.45) is 1.82. The molecule has 0 aromatic rings. The van der Waals surface area contributed by atoms with Gasteiger partial charge in [0, 0.05) is 12.8 Å². The van der Waals surface area contributed by atoms with Crippen LogP contribution in [0.15, 0.2) is 16.1 Å². The van der Waals surface area contributed by atoms with Gasteiger partial charge in [-0.15, -0.1) is 0 Å². The van der Waals surface area contributed by atoms with Gasteiger partial charge >= 0.3 is 0 Å². The minimum atomic E-state index is 0.729. The molecule has 0 aliphatic heterocycles. The van der Waals surface area contributed by atoms with Crippen LogP contribution in [0.25, 0.3) is 0 Å². The number of hydrogen-bond donors (Lipinski definition) is 0. The molecule has 0 fully saturated rings. The van der Waals surface area contributed by atoms with Gasteiger partial charge in [-0.1, -0.05) is 17.7 Å². The van der Waals surface area contributed by atoms with Crippen LogP contribution in [-0.2, 0) is 0 Å². The Bertz CT molecular complexity index is 108. The van der Waals surface area contributed by atoms with Crippen molar-refractivity contribution < 1.29 is 0 Å². The molecule has 46 valence electrons. The van der Waals surface area contributed by atoms with Crippen molar-refractivity contribution in [3.8, 4) is 0 Å². The van der Waals surface area contributed by atoms with E-state index in [9.17, 15) is 0 Å². The highest BCUT2D eigenvalue weighted by Crippen LogP contribution is 2.01. The van der Waals surface area contributed by atoms with Crippen LogP contribution in [0, 0.1) is 0 Å². The van der Waals surface area contributed by atoms with Gasteiger partial charge in [-0.05, 0) is 13.8 Å². The molecule has 0 unspecified atom stereocenters. The van der Waals surface area contributed by atoms with Crippen LogP contribution in [0.4, 0.5) is 0 Å². The summed E-state index contributed by atoms with van der Waals surface area (Å²) in [4.78, 5) is 3.88. The zero-order valence-electron chi connectivity index (χ0n) is 5.40. The van der Waals surface area contributed by atoms with E-state index >= 15 is 0 Å². The van der Waals surface area contributed by atoms with E-state index in [0.29, 0.717) is 0 Å². The smallest absolute Gasteiger partial charge is 0.0570 e. The molecule has 0 aromatic carbocycles. The van der Waals surface area contributed by atoms with E-state index in [1.165, 1.54) is 0 Å². The minimum absolute atomic E-state index is 0.729. The van der Waals surface area contributed by atoms with Crippen molar-refractivity contribution in [2.75, 3.05) is 7.05 Å². The predicted molar refractivity (Wildman–Crippen MR) is 38.6 cm³/mol. The van der Waals surface area contributed by atoms with Crippen molar-refractivity contribution in [1.29, 1.82) is 0 Å². The average Bonchev–Trinajstić information content (AvgIpc) is 1.84. The highest BCUT2D eigenvalue weighted by Gasteiger charge is 1.90. The Balaban J connectivity index is 4.04. The molecule has 0 saturated heterocycles. The third-order valence-electron chi connectivity index (χ3n) is 0.934. The van der Waals surface area contributed by atoms with Gasteiger partial charge in [-0.2, -0.15) is 0 Å². The molecule has 0 aromatic heterocycles. The first-order chi connectivity index (χ1) is 3.72. The molecule has 0 aliphatic rings. The summed E-state index contributed by atoms with van der Waals surface area (Å²) in [5.74, 6) is 0. The van der Waals surface area contributed by atoms with Gasteiger partial charge in [0.1, 0.15) is 0 Å². The Morgan fingerprint density at radius 1 is 1.62 bits per heavy atom. The van der Waals surface area contributed by atoms with Crippen LogP contribution < -0.4 is 0 Å². The van der Waals surface area contributed by atoms with E-state index in [-0.39, 0.29) is 0 Å². The van der Waals surface area contributed by atoms with Gasteiger partial charge in [0.15, 0.2) is 0 Å². The van der Waals surface area contributed by atoms with Crippen molar-refractivity contribution in [2.24, 2.45) is 4.99 Å². The molecule has 0 amide bonds. The van der Waals surface area contributed by atoms with E-state index in [4.69, 9.17) is 11.6 Å². The maximum Gasteiger partial charge on any atom is 0.0570 e. The molecule has 0 N–H and O–H groups in total. The molecule has 1 nitrogen and oxygen atoms in total. The molecule has 0 aliphatic carbocycles. The largest absolute Gasteiger partial charge is 0.292 e. The van der Waals surface area contributed by atoms with Gasteiger partial charge in [-0.3, -0.25) is 4.99 Å². The van der Waals surface area contributed by atoms with Crippen LogP contribution in [0.1, 0.15) is 13.8 Å². The number of nitrogens with zero attached hydrogens (tertiary/aromatic N) is 1. The zero-order valence-corrected chi connectivity index (χ0v) is 6.16. The van der Waals surface area contributed by atoms with Crippen LogP contribution in [0.5, 0.6) is 0 Å². The standard InChI is InChI=1S/C6H10ClN/c1-4-6(7)5(2)8-3/h4H,1-3H3/b6-4+,8-5?. The van der Waals surface area contributed by atoms with Crippen LogP contribution >= 0.6 is 11.6 Å². The Hall–Kier alpha value is -0.300. The summed E-state index contributed by atoms with van der Waals surface area (Å²) < 4.78 is 0. The van der Waals surface area contributed by atoms with Gasteiger partial charge in [0.05, 0.1) is 5.03 Å². The summed E-state index contributed by atoms with van der Waals surface area (Å²) in [7, 11) is 1.72. The Kier molecular flexibility index (Phi) is 3.53. The summed E-state index contributed by atoms with van der Waals surface area (Å²) >= 11 is 5.65. The first-order valence-electron chi connectivity index (χ1n) is 2.48. The molecule has 0 radical (unpaired) electrons. The molecule has 0 heterocycles. The molecule has 0 atom stereocenters. The minimum Gasteiger partial charge on any atom is -0.292 e. The Morgan fingerprint density at radius 2 is 2.12 bits per heavy atom.